The summed E-state index contributed by atoms with van der Waals surface area (Å²) in [5, 5.41) is 3.75. The van der Waals surface area contributed by atoms with Gasteiger partial charge in [0.2, 0.25) is 0 Å². The van der Waals surface area contributed by atoms with Crippen LogP contribution in [-0.2, 0) is 0 Å². The van der Waals surface area contributed by atoms with Gasteiger partial charge in [0.1, 0.15) is 0 Å². The van der Waals surface area contributed by atoms with E-state index in [0.29, 0.717) is 12.1 Å². The van der Waals surface area contributed by atoms with Gasteiger partial charge < -0.3 is 5.32 Å². The van der Waals surface area contributed by atoms with E-state index >= 15 is 0 Å². The number of rotatable bonds is 6. The Kier molecular flexibility index (Phi) is 6.50. The molecule has 0 aliphatic heterocycles. The molecule has 2 unspecified atom stereocenters. The van der Waals surface area contributed by atoms with E-state index in [0.717, 1.165) is 18.5 Å². The van der Waals surface area contributed by atoms with Crippen LogP contribution in [-0.4, -0.2) is 36.1 Å². The molecular weight excluding hydrogens is 208 g/mol. The Hall–Kier alpha value is -0.0800. The lowest BCUT2D eigenvalue weighted by molar-refractivity contribution is 0.170. The van der Waals surface area contributed by atoms with E-state index in [2.05, 4.69) is 44.8 Å². The normalized spacial score (nSPS) is 26.1. The van der Waals surface area contributed by atoms with Crippen LogP contribution in [0.25, 0.3) is 0 Å². The highest BCUT2D eigenvalue weighted by Crippen LogP contribution is 2.23. The van der Waals surface area contributed by atoms with Crippen LogP contribution >= 0.6 is 0 Å². The topological polar surface area (TPSA) is 15.3 Å². The largest absolute Gasteiger partial charge is 0.313 e. The summed E-state index contributed by atoms with van der Waals surface area (Å²) < 4.78 is 0. The summed E-state index contributed by atoms with van der Waals surface area (Å²) in [7, 11) is 0. The van der Waals surface area contributed by atoms with Gasteiger partial charge in [0.15, 0.2) is 0 Å². The van der Waals surface area contributed by atoms with E-state index in [-0.39, 0.29) is 0 Å². The van der Waals surface area contributed by atoms with Crippen molar-refractivity contribution in [1.29, 1.82) is 0 Å². The van der Waals surface area contributed by atoms with Crippen LogP contribution in [0.4, 0.5) is 0 Å². The van der Waals surface area contributed by atoms with Gasteiger partial charge >= 0.3 is 0 Å². The van der Waals surface area contributed by atoms with Gasteiger partial charge in [-0.25, -0.2) is 0 Å². The zero-order valence-corrected chi connectivity index (χ0v) is 12.5. The van der Waals surface area contributed by atoms with Crippen LogP contribution in [0.1, 0.15) is 60.3 Å². The summed E-state index contributed by atoms with van der Waals surface area (Å²) in [6.45, 7) is 13.9. The Balaban J connectivity index is 2.21. The summed E-state index contributed by atoms with van der Waals surface area (Å²) in [5.74, 6) is 0.924. The lowest BCUT2D eigenvalue weighted by atomic mass is 9.87. The number of hydrogen-bond donors (Lipinski definition) is 1. The van der Waals surface area contributed by atoms with Gasteiger partial charge in [-0.1, -0.05) is 19.8 Å². The highest BCUT2D eigenvalue weighted by atomic mass is 15.2. The molecule has 0 saturated heterocycles. The maximum absolute atomic E-state index is 3.75. The summed E-state index contributed by atoms with van der Waals surface area (Å²) in [6.07, 6.45) is 5.61. The molecule has 0 spiro atoms. The highest BCUT2D eigenvalue weighted by molar-refractivity contribution is 4.77. The third kappa shape index (κ3) is 5.39. The molecule has 0 aromatic rings. The van der Waals surface area contributed by atoms with E-state index in [9.17, 15) is 0 Å². The number of nitrogens with one attached hydrogen (secondary N) is 1. The molecular formula is C15H32N2. The smallest absolute Gasteiger partial charge is 0.0112 e. The quantitative estimate of drug-likeness (QED) is 0.766. The average Bonchev–Trinajstić information content (AvgIpc) is 2.23. The minimum Gasteiger partial charge on any atom is -0.313 e. The summed E-state index contributed by atoms with van der Waals surface area (Å²) in [6, 6.07) is 2.09. The molecule has 2 nitrogen and oxygen atoms in total. The molecule has 1 N–H and O–H groups in total. The lowest BCUT2D eigenvalue weighted by Crippen LogP contribution is -2.44. The fourth-order valence-corrected chi connectivity index (χ4v) is 3.13. The van der Waals surface area contributed by atoms with Gasteiger partial charge in [-0.05, 0) is 46.5 Å². The van der Waals surface area contributed by atoms with Crippen molar-refractivity contribution < 1.29 is 0 Å². The van der Waals surface area contributed by atoms with E-state index < -0.39 is 0 Å². The molecule has 2 atom stereocenters. The van der Waals surface area contributed by atoms with Crippen molar-refractivity contribution in [2.24, 2.45) is 5.92 Å². The van der Waals surface area contributed by atoms with Crippen molar-refractivity contribution in [3.8, 4) is 0 Å². The molecule has 17 heavy (non-hydrogen) atoms. The monoisotopic (exact) mass is 240 g/mol. The molecule has 1 saturated carbocycles. The van der Waals surface area contributed by atoms with Gasteiger partial charge in [0, 0.05) is 31.2 Å². The fraction of sp³-hybridized carbons (Fsp3) is 1.00. The van der Waals surface area contributed by atoms with Gasteiger partial charge in [-0.2, -0.15) is 0 Å². The Morgan fingerprint density at radius 2 is 1.76 bits per heavy atom. The predicted octanol–water partition coefficient (Wildman–Crippen LogP) is 3.27. The first-order valence-corrected chi connectivity index (χ1v) is 7.49. The van der Waals surface area contributed by atoms with Crippen LogP contribution in [0.15, 0.2) is 0 Å². The fourth-order valence-electron chi connectivity index (χ4n) is 3.13. The predicted molar refractivity (Wildman–Crippen MR) is 76.4 cm³/mol. The van der Waals surface area contributed by atoms with E-state index in [1.54, 1.807) is 0 Å². The molecule has 0 heterocycles. The molecule has 1 fully saturated rings. The van der Waals surface area contributed by atoms with Crippen molar-refractivity contribution in [3.05, 3.63) is 0 Å². The highest BCUT2D eigenvalue weighted by Gasteiger charge is 2.19. The SMILES string of the molecule is CC1CCCC(NCCN(C(C)C)C(C)C)C1. The first-order chi connectivity index (χ1) is 8.00. The Labute approximate surface area is 108 Å². The lowest BCUT2D eigenvalue weighted by Gasteiger charge is -2.32. The van der Waals surface area contributed by atoms with Crippen LogP contribution in [0, 0.1) is 5.92 Å². The average molecular weight is 240 g/mol. The molecule has 1 aliphatic carbocycles. The standard InChI is InChI=1S/C15H32N2/c1-12(2)17(13(3)4)10-9-16-15-8-6-7-14(5)11-15/h12-16H,6-11H2,1-5H3. The second kappa shape index (κ2) is 7.38. The molecule has 1 rings (SSSR count). The van der Waals surface area contributed by atoms with Crippen LogP contribution < -0.4 is 5.32 Å². The zero-order chi connectivity index (χ0) is 12.8. The van der Waals surface area contributed by atoms with Crippen LogP contribution in [0.3, 0.4) is 0 Å². The van der Waals surface area contributed by atoms with E-state index in [1.165, 1.54) is 32.2 Å². The first-order valence-electron chi connectivity index (χ1n) is 7.49. The van der Waals surface area contributed by atoms with E-state index in [4.69, 9.17) is 0 Å². The molecule has 1 aliphatic rings. The third-order valence-electron chi connectivity index (χ3n) is 4.07. The van der Waals surface area contributed by atoms with Gasteiger partial charge in [-0.15, -0.1) is 0 Å². The van der Waals surface area contributed by atoms with Crippen LogP contribution in [0.2, 0.25) is 0 Å². The number of nitrogens with zero attached hydrogens (tertiary/aromatic N) is 1. The minimum absolute atomic E-state index is 0.655. The number of hydrogen-bond acceptors (Lipinski definition) is 2. The maximum Gasteiger partial charge on any atom is 0.0112 e. The molecule has 0 radical (unpaired) electrons. The Morgan fingerprint density at radius 1 is 1.12 bits per heavy atom. The molecule has 0 amide bonds. The summed E-state index contributed by atoms with van der Waals surface area (Å²) >= 11 is 0. The van der Waals surface area contributed by atoms with Crippen molar-refractivity contribution in [2.45, 2.75) is 78.4 Å². The molecule has 0 aromatic heterocycles. The summed E-state index contributed by atoms with van der Waals surface area (Å²) in [4.78, 5) is 2.57. The second-order valence-electron chi connectivity index (χ2n) is 6.35. The zero-order valence-electron chi connectivity index (χ0n) is 12.5. The van der Waals surface area contributed by atoms with Crippen molar-refractivity contribution >= 4 is 0 Å². The Bertz CT molecular complexity index is 193. The molecule has 0 bridgehead atoms. The van der Waals surface area contributed by atoms with Crippen molar-refractivity contribution in [1.82, 2.24) is 10.2 Å². The van der Waals surface area contributed by atoms with Crippen molar-refractivity contribution in [3.63, 3.8) is 0 Å². The first kappa shape index (κ1) is 15.0. The summed E-state index contributed by atoms with van der Waals surface area (Å²) in [5.41, 5.74) is 0. The van der Waals surface area contributed by atoms with Crippen molar-refractivity contribution in [2.75, 3.05) is 13.1 Å². The van der Waals surface area contributed by atoms with Gasteiger partial charge in [-0.3, -0.25) is 4.90 Å². The van der Waals surface area contributed by atoms with E-state index in [1.807, 2.05) is 0 Å². The maximum atomic E-state index is 3.75. The second-order valence-corrected chi connectivity index (χ2v) is 6.35. The van der Waals surface area contributed by atoms with Crippen LogP contribution in [0.5, 0.6) is 0 Å². The minimum atomic E-state index is 0.655. The molecule has 2 heteroatoms. The van der Waals surface area contributed by atoms with Gasteiger partial charge in [0.05, 0.1) is 0 Å². The molecule has 102 valence electrons. The third-order valence-corrected chi connectivity index (χ3v) is 4.07. The van der Waals surface area contributed by atoms with Gasteiger partial charge in [0.25, 0.3) is 0 Å². The Morgan fingerprint density at radius 3 is 2.29 bits per heavy atom. The molecule has 0 aromatic carbocycles.